The van der Waals surface area contributed by atoms with Gasteiger partial charge in [0, 0.05) is 29.9 Å². The number of carbonyl (C=O) groups is 2. The van der Waals surface area contributed by atoms with Crippen LogP contribution in [0.5, 0.6) is 0 Å². The van der Waals surface area contributed by atoms with E-state index >= 15 is 0 Å². The van der Waals surface area contributed by atoms with E-state index in [1.54, 1.807) is 13.0 Å². The molecule has 2 aliphatic carbocycles. The maximum Gasteiger partial charge on any atom is 0.336 e. The summed E-state index contributed by atoms with van der Waals surface area (Å²) in [6, 6.07) is 0. The second-order valence-corrected chi connectivity index (χ2v) is 9.43. The fourth-order valence-corrected chi connectivity index (χ4v) is 6.07. The molecule has 2 N–H and O–H groups in total. The van der Waals surface area contributed by atoms with Crippen LogP contribution in [0, 0.1) is 22.7 Å². The Hall–Kier alpha value is -1.24. The predicted molar refractivity (Wildman–Crippen MR) is 98.6 cm³/mol. The van der Waals surface area contributed by atoms with Gasteiger partial charge in [-0.2, -0.15) is 0 Å². The first-order valence-corrected chi connectivity index (χ1v) is 9.86. The zero-order valence-corrected chi connectivity index (χ0v) is 16.9. The number of fused-ring (bicyclic) bond motifs is 1. The lowest BCUT2D eigenvalue weighted by atomic mass is 9.43. The van der Waals surface area contributed by atoms with Crippen LogP contribution in [0.3, 0.4) is 0 Å². The van der Waals surface area contributed by atoms with E-state index in [9.17, 15) is 19.8 Å². The lowest BCUT2D eigenvalue weighted by molar-refractivity contribution is -0.233. The van der Waals surface area contributed by atoms with Gasteiger partial charge in [0.1, 0.15) is 6.10 Å². The van der Waals surface area contributed by atoms with E-state index in [0.717, 1.165) is 19.3 Å². The summed E-state index contributed by atoms with van der Waals surface area (Å²) in [6.45, 7) is 7.85. The van der Waals surface area contributed by atoms with Gasteiger partial charge in [0.25, 0.3) is 0 Å². The smallest absolute Gasteiger partial charge is 0.336 e. The van der Waals surface area contributed by atoms with Gasteiger partial charge in [-0.05, 0) is 37.2 Å². The minimum absolute atomic E-state index is 0.247. The molecule has 2 fully saturated rings. The number of esters is 1. The Morgan fingerprint density at radius 1 is 1.26 bits per heavy atom. The summed E-state index contributed by atoms with van der Waals surface area (Å²) in [6.07, 6.45) is 3.05. The van der Waals surface area contributed by atoms with Crippen LogP contribution in [0.15, 0.2) is 11.6 Å². The third-order valence-electron chi connectivity index (χ3n) is 7.62. The first-order chi connectivity index (χ1) is 12.5. The van der Waals surface area contributed by atoms with Gasteiger partial charge < -0.3 is 19.7 Å². The molecule has 6 heteroatoms. The van der Waals surface area contributed by atoms with Crippen molar-refractivity contribution in [3.63, 3.8) is 0 Å². The van der Waals surface area contributed by atoms with Crippen molar-refractivity contribution in [3.8, 4) is 0 Å². The maximum atomic E-state index is 12.8. The third kappa shape index (κ3) is 2.97. The van der Waals surface area contributed by atoms with Crippen LogP contribution in [-0.4, -0.2) is 47.1 Å². The maximum absolute atomic E-state index is 12.8. The molecule has 0 saturated heterocycles. The highest BCUT2D eigenvalue weighted by Crippen LogP contribution is 2.63. The second kappa shape index (κ2) is 6.68. The minimum atomic E-state index is -1.29. The number of Topliss-reactive ketones (excluding diaryl/α,β-unsaturated/α-hetero) is 1. The minimum Gasteiger partial charge on any atom is -0.429 e. The number of ketones is 1. The third-order valence-corrected chi connectivity index (χ3v) is 7.62. The van der Waals surface area contributed by atoms with Crippen LogP contribution in [0.4, 0.5) is 0 Å². The topological polar surface area (TPSA) is 93.1 Å². The number of cyclic esters (lactones) is 1. The summed E-state index contributed by atoms with van der Waals surface area (Å²) < 4.78 is 10.1. The fourth-order valence-electron chi connectivity index (χ4n) is 6.07. The molecule has 2 saturated carbocycles. The number of hydrogen-bond donors (Lipinski definition) is 2. The van der Waals surface area contributed by atoms with E-state index in [0.29, 0.717) is 12.0 Å². The lowest BCUT2D eigenvalue weighted by Gasteiger charge is -2.63. The van der Waals surface area contributed by atoms with Gasteiger partial charge in [-0.15, -0.1) is 0 Å². The van der Waals surface area contributed by atoms with Crippen molar-refractivity contribution in [1.82, 2.24) is 0 Å². The van der Waals surface area contributed by atoms with Crippen molar-refractivity contribution in [2.75, 3.05) is 7.11 Å². The largest absolute Gasteiger partial charge is 0.429 e. The van der Waals surface area contributed by atoms with E-state index in [1.165, 1.54) is 7.11 Å². The summed E-state index contributed by atoms with van der Waals surface area (Å²) >= 11 is 0. The normalized spacial score (nSPS) is 43.9. The monoisotopic (exact) mass is 380 g/mol. The zero-order valence-electron chi connectivity index (χ0n) is 16.9. The van der Waals surface area contributed by atoms with E-state index in [4.69, 9.17) is 9.47 Å². The fraction of sp³-hybridized carbons (Fsp3) is 0.810. The molecule has 0 aromatic carbocycles. The summed E-state index contributed by atoms with van der Waals surface area (Å²) in [7, 11) is 1.46. The lowest BCUT2D eigenvalue weighted by Crippen LogP contribution is -2.69. The van der Waals surface area contributed by atoms with Crippen molar-refractivity contribution in [1.29, 1.82) is 0 Å². The van der Waals surface area contributed by atoms with Crippen molar-refractivity contribution in [3.05, 3.63) is 11.6 Å². The number of rotatable bonds is 4. The van der Waals surface area contributed by atoms with Gasteiger partial charge >= 0.3 is 5.97 Å². The van der Waals surface area contributed by atoms with Crippen molar-refractivity contribution in [2.45, 2.75) is 77.8 Å². The number of hydrogen-bond acceptors (Lipinski definition) is 6. The molecule has 0 amide bonds. The molecule has 0 spiro atoms. The van der Waals surface area contributed by atoms with Gasteiger partial charge in [-0.1, -0.05) is 34.1 Å². The Morgan fingerprint density at radius 3 is 2.52 bits per heavy atom. The molecule has 6 nitrogen and oxygen atoms in total. The van der Waals surface area contributed by atoms with Gasteiger partial charge in [0.2, 0.25) is 6.29 Å². The molecule has 0 aromatic heterocycles. The summed E-state index contributed by atoms with van der Waals surface area (Å²) in [4.78, 5) is 24.9. The molecule has 3 aliphatic rings. The average Bonchev–Trinajstić information content (AvgIpc) is 2.96. The van der Waals surface area contributed by atoms with Crippen LogP contribution in [0.25, 0.3) is 0 Å². The highest BCUT2D eigenvalue weighted by molar-refractivity contribution is 5.91. The van der Waals surface area contributed by atoms with Gasteiger partial charge in [-0.25, -0.2) is 4.79 Å². The van der Waals surface area contributed by atoms with Crippen molar-refractivity contribution < 1.29 is 29.3 Å². The molecular weight excluding hydrogens is 348 g/mol. The number of carbonyl (C=O) groups excluding carboxylic acids is 2. The molecule has 3 rings (SSSR count). The van der Waals surface area contributed by atoms with Crippen LogP contribution in [0.2, 0.25) is 0 Å². The molecule has 1 aliphatic heterocycles. The Balaban J connectivity index is 1.93. The molecule has 0 bridgehead atoms. The quantitative estimate of drug-likeness (QED) is 0.728. The van der Waals surface area contributed by atoms with Gasteiger partial charge in [0.15, 0.2) is 5.78 Å². The molecule has 152 valence electrons. The van der Waals surface area contributed by atoms with Crippen LogP contribution < -0.4 is 0 Å². The second-order valence-electron chi connectivity index (χ2n) is 9.43. The molecule has 0 radical (unpaired) electrons. The van der Waals surface area contributed by atoms with Crippen LogP contribution in [-0.2, 0) is 19.1 Å². The summed E-state index contributed by atoms with van der Waals surface area (Å²) in [5.41, 5.74) is -1.68. The number of methoxy groups -OCH3 is 1. The molecule has 0 aromatic rings. The Morgan fingerprint density at radius 2 is 1.93 bits per heavy atom. The Bertz CT molecular complexity index is 668. The molecule has 27 heavy (non-hydrogen) atoms. The number of aliphatic hydroxyl groups is 2. The number of ether oxygens (including phenoxy) is 2. The Labute approximate surface area is 160 Å². The standard InChI is InChI=1S/C21H32O6/c1-12-15(22)16(23)17-19(2,3)8-6-9-20(17,4)21(12,25)10-7-13-11-14(26-5)27-18(13)24/h11-12,14,16-17,23,25H,6-10H2,1-5H3/t12-,14+,16-,17+,20+,21-/m1/s1. The van der Waals surface area contributed by atoms with E-state index in [2.05, 4.69) is 13.8 Å². The van der Waals surface area contributed by atoms with Crippen molar-refractivity contribution in [2.24, 2.45) is 22.7 Å². The summed E-state index contributed by atoms with van der Waals surface area (Å²) in [5.74, 6) is -1.75. The molecule has 1 heterocycles. The highest BCUT2D eigenvalue weighted by Gasteiger charge is 2.66. The molecule has 6 atom stereocenters. The van der Waals surface area contributed by atoms with E-state index < -0.39 is 35.3 Å². The predicted octanol–water partition coefficient (Wildman–Crippen LogP) is 2.37. The van der Waals surface area contributed by atoms with E-state index in [-0.39, 0.29) is 23.5 Å². The summed E-state index contributed by atoms with van der Waals surface area (Å²) in [5, 5.41) is 22.6. The van der Waals surface area contributed by atoms with Gasteiger partial charge in [0.05, 0.1) is 5.60 Å². The first kappa shape index (κ1) is 20.5. The van der Waals surface area contributed by atoms with Crippen LogP contribution >= 0.6 is 0 Å². The zero-order chi connectivity index (χ0) is 20.2. The first-order valence-electron chi connectivity index (χ1n) is 9.86. The van der Waals surface area contributed by atoms with Crippen LogP contribution in [0.1, 0.15) is 59.8 Å². The highest BCUT2D eigenvalue weighted by atomic mass is 16.7. The molecule has 0 unspecified atom stereocenters. The average molecular weight is 380 g/mol. The molecular formula is C21H32O6. The number of aliphatic hydroxyl groups excluding tert-OH is 1. The van der Waals surface area contributed by atoms with Crippen molar-refractivity contribution >= 4 is 11.8 Å². The van der Waals surface area contributed by atoms with E-state index in [1.807, 2.05) is 6.92 Å². The Kier molecular flexibility index (Phi) is 5.07. The van der Waals surface area contributed by atoms with Gasteiger partial charge in [-0.3, -0.25) is 4.79 Å². The SMILES string of the molecule is CO[C@@H]1C=C(CC[C@@]2(O)[C@H](C)C(=O)[C@@H](O)[C@H]3C(C)(C)CCC[C@@]32C)C(=O)O1.